The molecule has 0 bridgehead atoms. The Kier molecular flexibility index (Phi) is 2.31. The van der Waals surface area contributed by atoms with Gasteiger partial charge in [-0.1, -0.05) is 6.07 Å². The molecule has 0 saturated carbocycles. The molecule has 0 aliphatic heterocycles. The van der Waals surface area contributed by atoms with Crippen molar-refractivity contribution in [3.63, 3.8) is 0 Å². The van der Waals surface area contributed by atoms with E-state index in [0.717, 1.165) is 11.1 Å². The average molecular weight is 206 g/mol. The molecule has 2 nitrogen and oxygen atoms in total. The SMILES string of the molecule is Cc1cc(C)c2c(=O)cc(CF)oc2c1. The highest BCUT2D eigenvalue weighted by atomic mass is 19.1. The first-order valence-electron chi connectivity index (χ1n) is 4.72. The van der Waals surface area contributed by atoms with E-state index in [2.05, 4.69) is 0 Å². The van der Waals surface area contributed by atoms with Crippen molar-refractivity contribution in [1.29, 1.82) is 0 Å². The van der Waals surface area contributed by atoms with Crippen LogP contribution in [0.25, 0.3) is 11.0 Å². The summed E-state index contributed by atoms with van der Waals surface area (Å²) in [6.07, 6.45) is 0. The summed E-state index contributed by atoms with van der Waals surface area (Å²) in [5.41, 5.74) is 2.15. The van der Waals surface area contributed by atoms with E-state index >= 15 is 0 Å². The number of rotatable bonds is 1. The number of fused-ring (bicyclic) bond motifs is 1. The third-order valence-electron chi connectivity index (χ3n) is 2.35. The predicted molar refractivity (Wildman–Crippen MR) is 56.8 cm³/mol. The van der Waals surface area contributed by atoms with Crippen molar-refractivity contribution in [2.45, 2.75) is 20.5 Å². The highest BCUT2D eigenvalue weighted by molar-refractivity contribution is 5.80. The van der Waals surface area contributed by atoms with Crippen LogP contribution in [0, 0.1) is 13.8 Å². The molecule has 1 heterocycles. The lowest BCUT2D eigenvalue weighted by atomic mass is 10.1. The summed E-state index contributed by atoms with van der Waals surface area (Å²) in [5, 5.41) is 0.540. The first-order valence-corrected chi connectivity index (χ1v) is 4.72. The summed E-state index contributed by atoms with van der Waals surface area (Å²) in [6, 6.07) is 4.88. The Balaban J connectivity index is 2.91. The molecule has 0 spiro atoms. The lowest BCUT2D eigenvalue weighted by Gasteiger charge is -2.03. The van der Waals surface area contributed by atoms with Crippen LogP contribution in [0.5, 0.6) is 0 Å². The van der Waals surface area contributed by atoms with Crippen molar-refractivity contribution in [2.75, 3.05) is 0 Å². The van der Waals surface area contributed by atoms with Gasteiger partial charge in [-0.3, -0.25) is 4.79 Å². The van der Waals surface area contributed by atoms with Crippen LogP contribution >= 0.6 is 0 Å². The van der Waals surface area contributed by atoms with Gasteiger partial charge in [-0.2, -0.15) is 0 Å². The number of hydrogen-bond donors (Lipinski definition) is 0. The van der Waals surface area contributed by atoms with Crippen molar-refractivity contribution < 1.29 is 8.81 Å². The standard InChI is InChI=1S/C12H11FO2/c1-7-3-8(2)12-10(14)5-9(6-13)15-11(12)4-7/h3-5H,6H2,1-2H3. The zero-order valence-corrected chi connectivity index (χ0v) is 8.63. The maximum absolute atomic E-state index is 12.4. The monoisotopic (exact) mass is 206 g/mol. The van der Waals surface area contributed by atoms with E-state index in [1.54, 1.807) is 6.07 Å². The lowest BCUT2D eigenvalue weighted by Crippen LogP contribution is -2.03. The quantitative estimate of drug-likeness (QED) is 0.718. The molecule has 1 aromatic carbocycles. The molecule has 0 aliphatic rings. The molecule has 3 heteroatoms. The molecule has 0 atom stereocenters. The van der Waals surface area contributed by atoms with Crippen LogP contribution in [0.3, 0.4) is 0 Å². The Morgan fingerprint density at radius 3 is 2.67 bits per heavy atom. The van der Waals surface area contributed by atoms with Crippen molar-refractivity contribution in [3.05, 3.63) is 45.3 Å². The molecule has 0 N–H and O–H groups in total. The predicted octanol–water partition coefficient (Wildman–Crippen LogP) is 2.88. The van der Waals surface area contributed by atoms with Crippen molar-refractivity contribution >= 4 is 11.0 Å². The van der Waals surface area contributed by atoms with E-state index in [1.807, 2.05) is 19.9 Å². The minimum absolute atomic E-state index is 0.0810. The Hall–Kier alpha value is -1.64. The molecule has 1 aromatic heterocycles. The second-order valence-electron chi connectivity index (χ2n) is 3.67. The van der Waals surface area contributed by atoms with Gasteiger partial charge in [0.25, 0.3) is 0 Å². The van der Waals surface area contributed by atoms with Crippen LogP contribution in [-0.4, -0.2) is 0 Å². The van der Waals surface area contributed by atoms with Gasteiger partial charge in [0.15, 0.2) is 5.43 Å². The number of hydrogen-bond acceptors (Lipinski definition) is 2. The maximum Gasteiger partial charge on any atom is 0.193 e. The van der Waals surface area contributed by atoms with Gasteiger partial charge in [0, 0.05) is 6.07 Å². The van der Waals surface area contributed by atoms with Gasteiger partial charge in [0.2, 0.25) is 0 Å². The third kappa shape index (κ3) is 1.65. The first kappa shape index (κ1) is 9.90. The van der Waals surface area contributed by atoms with E-state index in [4.69, 9.17) is 4.42 Å². The van der Waals surface area contributed by atoms with Gasteiger partial charge in [-0.25, -0.2) is 4.39 Å². The van der Waals surface area contributed by atoms with Gasteiger partial charge in [0.1, 0.15) is 18.0 Å². The van der Waals surface area contributed by atoms with Gasteiger partial charge in [-0.05, 0) is 31.0 Å². The van der Waals surface area contributed by atoms with Crippen molar-refractivity contribution in [1.82, 2.24) is 0 Å². The molecule has 0 radical (unpaired) electrons. The fourth-order valence-corrected chi connectivity index (χ4v) is 1.78. The first-order chi connectivity index (χ1) is 7.11. The zero-order chi connectivity index (χ0) is 11.0. The Labute approximate surface area is 86.3 Å². The Morgan fingerprint density at radius 2 is 2.00 bits per heavy atom. The van der Waals surface area contributed by atoms with E-state index in [1.165, 1.54) is 6.07 Å². The molecule has 78 valence electrons. The van der Waals surface area contributed by atoms with Crippen molar-refractivity contribution in [3.8, 4) is 0 Å². The number of aryl methyl sites for hydroxylation is 2. The average Bonchev–Trinajstić information content (AvgIpc) is 2.15. The highest BCUT2D eigenvalue weighted by Gasteiger charge is 2.07. The van der Waals surface area contributed by atoms with E-state index in [0.29, 0.717) is 11.0 Å². The van der Waals surface area contributed by atoms with Crippen LogP contribution in [0.2, 0.25) is 0 Å². The van der Waals surface area contributed by atoms with Crippen LogP contribution in [0.1, 0.15) is 16.9 Å². The second kappa shape index (κ2) is 3.50. The van der Waals surface area contributed by atoms with Crippen LogP contribution in [0.4, 0.5) is 4.39 Å². The summed E-state index contributed by atoms with van der Waals surface area (Å²) >= 11 is 0. The fraction of sp³-hybridized carbons (Fsp3) is 0.250. The van der Waals surface area contributed by atoms with E-state index in [9.17, 15) is 9.18 Å². The highest BCUT2D eigenvalue weighted by Crippen LogP contribution is 2.18. The molecule has 0 unspecified atom stereocenters. The van der Waals surface area contributed by atoms with Crippen LogP contribution in [-0.2, 0) is 6.67 Å². The lowest BCUT2D eigenvalue weighted by molar-refractivity contribution is 0.400. The fourth-order valence-electron chi connectivity index (χ4n) is 1.78. The van der Waals surface area contributed by atoms with Crippen LogP contribution in [0.15, 0.2) is 27.4 Å². The molecule has 2 aromatic rings. The molecule has 0 amide bonds. The number of alkyl halides is 1. The van der Waals surface area contributed by atoms with Crippen LogP contribution < -0.4 is 5.43 Å². The maximum atomic E-state index is 12.4. The second-order valence-corrected chi connectivity index (χ2v) is 3.67. The molecular formula is C12H11FO2. The molecule has 15 heavy (non-hydrogen) atoms. The summed E-state index contributed by atoms with van der Waals surface area (Å²) in [6.45, 7) is 3.01. The molecular weight excluding hydrogens is 195 g/mol. The topological polar surface area (TPSA) is 30.2 Å². The smallest absolute Gasteiger partial charge is 0.193 e. The van der Waals surface area contributed by atoms with E-state index in [-0.39, 0.29) is 11.2 Å². The summed E-state index contributed by atoms with van der Waals surface area (Å²) in [5.74, 6) is 0.0810. The summed E-state index contributed by atoms with van der Waals surface area (Å²) in [7, 11) is 0. The summed E-state index contributed by atoms with van der Waals surface area (Å²) < 4.78 is 17.7. The molecule has 2 rings (SSSR count). The summed E-state index contributed by atoms with van der Waals surface area (Å²) in [4.78, 5) is 11.7. The van der Waals surface area contributed by atoms with Gasteiger partial charge < -0.3 is 4.42 Å². The largest absolute Gasteiger partial charge is 0.458 e. The number of halogens is 1. The zero-order valence-electron chi connectivity index (χ0n) is 8.63. The normalized spacial score (nSPS) is 10.9. The number of benzene rings is 1. The van der Waals surface area contributed by atoms with Crippen molar-refractivity contribution in [2.24, 2.45) is 0 Å². The molecule has 0 fully saturated rings. The molecule has 0 aliphatic carbocycles. The molecule has 0 saturated heterocycles. The Bertz CT molecular complexity index is 570. The minimum Gasteiger partial charge on any atom is -0.458 e. The minimum atomic E-state index is -0.752. The van der Waals surface area contributed by atoms with Gasteiger partial charge in [0.05, 0.1) is 5.39 Å². The Morgan fingerprint density at radius 1 is 1.27 bits per heavy atom. The third-order valence-corrected chi connectivity index (χ3v) is 2.35. The van der Waals surface area contributed by atoms with E-state index < -0.39 is 6.67 Å². The van der Waals surface area contributed by atoms with Gasteiger partial charge in [-0.15, -0.1) is 0 Å². The van der Waals surface area contributed by atoms with Gasteiger partial charge >= 0.3 is 0 Å².